The van der Waals surface area contributed by atoms with Gasteiger partial charge in [-0.3, -0.25) is 9.59 Å². The fraction of sp³-hybridized carbons (Fsp3) is 0.286. The highest BCUT2D eigenvalue weighted by molar-refractivity contribution is 6.06. The second kappa shape index (κ2) is 10.4. The summed E-state index contributed by atoms with van der Waals surface area (Å²) >= 11 is 0. The molecule has 1 aliphatic heterocycles. The Balaban J connectivity index is 1.59. The molecule has 0 fully saturated rings. The molecule has 2 N–H and O–H groups in total. The highest BCUT2D eigenvalue weighted by atomic mass is 19.4. The molecule has 1 heterocycles. The maximum atomic E-state index is 13.1. The van der Waals surface area contributed by atoms with Gasteiger partial charge >= 0.3 is 6.18 Å². The van der Waals surface area contributed by atoms with E-state index in [0.717, 1.165) is 42.9 Å². The fourth-order valence-electron chi connectivity index (χ4n) is 4.18. The van der Waals surface area contributed by atoms with Gasteiger partial charge in [-0.2, -0.15) is 13.2 Å². The average Bonchev–Trinajstić information content (AvgIpc) is 2.86. The van der Waals surface area contributed by atoms with Crippen molar-refractivity contribution in [1.29, 1.82) is 0 Å². The van der Waals surface area contributed by atoms with E-state index in [-0.39, 0.29) is 17.4 Å². The zero-order valence-corrected chi connectivity index (χ0v) is 20.2. The van der Waals surface area contributed by atoms with Crippen LogP contribution < -0.4 is 15.5 Å². The first-order valence-electron chi connectivity index (χ1n) is 11.8. The number of rotatable bonds is 6. The predicted octanol–water partition coefficient (Wildman–Crippen LogP) is 5.91. The molecule has 0 radical (unpaired) electrons. The molecular weight excluding hydrogens is 467 g/mol. The number of hydrogen-bond acceptors (Lipinski definition) is 3. The van der Waals surface area contributed by atoms with E-state index in [1.165, 1.54) is 11.1 Å². The first-order chi connectivity index (χ1) is 17.1. The third kappa shape index (κ3) is 5.87. The van der Waals surface area contributed by atoms with E-state index >= 15 is 0 Å². The molecule has 0 bridgehead atoms. The van der Waals surface area contributed by atoms with Gasteiger partial charge in [0.15, 0.2) is 0 Å². The Kier molecular flexibility index (Phi) is 7.33. The summed E-state index contributed by atoms with van der Waals surface area (Å²) in [5, 5.41) is 5.65. The van der Waals surface area contributed by atoms with Crippen LogP contribution in [0.5, 0.6) is 0 Å². The molecule has 0 aromatic heterocycles. The molecule has 3 aromatic rings. The van der Waals surface area contributed by atoms with Gasteiger partial charge in [-0.25, -0.2) is 0 Å². The molecule has 0 unspecified atom stereocenters. The van der Waals surface area contributed by atoms with E-state index in [0.29, 0.717) is 24.3 Å². The number of alkyl halides is 3. The second-order valence-corrected chi connectivity index (χ2v) is 9.31. The highest BCUT2D eigenvalue weighted by Gasteiger charge is 2.30. The Morgan fingerprint density at radius 1 is 0.944 bits per heavy atom. The number of halogens is 3. The van der Waals surface area contributed by atoms with E-state index in [9.17, 15) is 22.8 Å². The molecule has 4 rings (SSSR count). The number of anilines is 2. The molecule has 0 spiro atoms. The minimum absolute atomic E-state index is 0.0884. The van der Waals surface area contributed by atoms with Crippen molar-refractivity contribution in [3.8, 4) is 0 Å². The Labute approximate surface area is 208 Å². The van der Waals surface area contributed by atoms with Crippen LogP contribution in [0, 0.1) is 5.92 Å². The normalized spacial score (nSPS) is 13.3. The quantitative estimate of drug-likeness (QED) is 0.447. The molecule has 188 valence electrons. The number of carbonyl (C=O) groups is 2. The molecule has 5 nitrogen and oxygen atoms in total. The summed E-state index contributed by atoms with van der Waals surface area (Å²) in [5.74, 6) is -0.540. The number of nitrogens with zero attached hydrogens (tertiary/aromatic N) is 1. The third-order valence-corrected chi connectivity index (χ3v) is 6.12. The van der Waals surface area contributed by atoms with Crippen LogP contribution in [0.25, 0.3) is 0 Å². The topological polar surface area (TPSA) is 61.4 Å². The van der Waals surface area contributed by atoms with E-state index < -0.39 is 17.6 Å². The lowest BCUT2D eigenvalue weighted by Crippen LogP contribution is -2.34. The Bertz CT molecular complexity index is 1250. The van der Waals surface area contributed by atoms with Crippen LogP contribution in [0.3, 0.4) is 0 Å². The second-order valence-electron chi connectivity index (χ2n) is 9.31. The average molecular weight is 496 g/mol. The zero-order valence-electron chi connectivity index (χ0n) is 20.2. The van der Waals surface area contributed by atoms with Crippen molar-refractivity contribution in [3.63, 3.8) is 0 Å². The lowest BCUT2D eigenvalue weighted by molar-refractivity contribution is -0.137. The molecule has 8 heteroatoms. The summed E-state index contributed by atoms with van der Waals surface area (Å²) in [6, 6.07) is 17.4. The molecule has 3 aromatic carbocycles. The van der Waals surface area contributed by atoms with E-state index in [1.54, 1.807) is 18.2 Å². The maximum Gasteiger partial charge on any atom is 0.416 e. The van der Waals surface area contributed by atoms with Crippen LogP contribution in [0.4, 0.5) is 24.5 Å². The number of hydrogen-bond donors (Lipinski definition) is 2. The van der Waals surface area contributed by atoms with Gasteiger partial charge in [0.2, 0.25) is 0 Å². The van der Waals surface area contributed by atoms with Gasteiger partial charge in [-0.15, -0.1) is 0 Å². The van der Waals surface area contributed by atoms with Gasteiger partial charge in [-0.1, -0.05) is 38.1 Å². The fourth-order valence-corrected chi connectivity index (χ4v) is 4.18. The van der Waals surface area contributed by atoms with Crippen LogP contribution in [0.2, 0.25) is 0 Å². The summed E-state index contributed by atoms with van der Waals surface area (Å²) in [6.45, 7) is 5.92. The predicted molar refractivity (Wildman–Crippen MR) is 134 cm³/mol. The van der Waals surface area contributed by atoms with E-state index in [1.807, 2.05) is 26.0 Å². The van der Waals surface area contributed by atoms with Crippen LogP contribution in [-0.2, 0) is 19.1 Å². The molecule has 0 saturated heterocycles. The molecule has 0 atom stereocenters. The van der Waals surface area contributed by atoms with Crippen molar-refractivity contribution in [2.75, 3.05) is 23.3 Å². The first kappa shape index (κ1) is 25.3. The van der Waals surface area contributed by atoms with Gasteiger partial charge in [-0.05, 0) is 65.9 Å². The smallest absolute Gasteiger partial charge is 0.366 e. The number of carbonyl (C=O) groups excluding carboxylic acids is 2. The highest BCUT2D eigenvalue weighted by Crippen LogP contribution is 2.31. The summed E-state index contributed by atoms with van der Waals surface area (Å²) in [6.07, 6.45) is -3.62. The van der Waals surface area contributed by atoms with Crippen LogP contribution in [-0.4, -0.2) is 24.9 Å². The minimum atomic E-state index is -4.47. The molecule has 2 amide bonds. The lowest BCUT2D eigenvalue weighted by Gasteiger charge is -2.32. The van der Waals surface area contributed by atoms with Gasteiger partial charge in [0, 0.05) is 36.6 Å². The van der Waals surface area contributed by atoms with Crippen LogP contribution in [0.15, 0.2) is 66.7 Å². The third-order valence-electron chi connectivity index (χ3n) is 6.12. The number of benzene rings is 3. The van der Waals surface area contributed by atoms with Crippen LogP contribution in [0.1, 0.15) is 51.3 Å². The van der Waals surface area contributed by atoms with Gasteiger partial charge in [0.05, 0.1) is 11.1 Å². The Hall–Kier alpha value is -3.81. The van der Waals surface area contributed by atoms with Crippen molar-refractivity contribution in [2.45, 2.75) is 33.0 Å². The van der Waals surface area contributed by atoms with E-state index in [2.05, 4.69) is 27.7 Å². The minimum Gasteiger partial charge on any atom is -0.366 e. The van der Waals surface area contributed by atoms with Crippen molar-refractivity contribution >= 4 is 23.2 Å². The van der Waals surface area contributed by atoms with E-state index in [4.69, 9.17) is 0 Å². The van der Waals surface area contributed by atoms with Crippen molar-refractivity contribution in [1.82, 2.24) is 5.32 Å². The van der Waals surface area contributed by atoms with Crippen molar-refractivity contribution in [3.05, 3.63) is 94.5 Å². The molecule has 0 saturated carbocycles. The summed E-state index contributed by atoms with van der Waals surface area (Å²) in [4.78, 5) is 28.0. The number of amides is 2. The number of nitrogens with one attached hydrogen (secondary N) is 2. The van der Waals surface area contributed by atoms with Crippen molar-refractivity contribution in [2.24, 2.45) is 5.92 Å². The summed E-state index contributed by atoms with van der Waals surface area (Å²) < 4.78 is 38.5. The lowest BCUT2D eigenvalue weighted by atomic mass is 9.98. The Morgan fingerprint density at radius 3 is 2.31 bits per heavy atom. The maximum absolute atomic E-state index is 13.1. The molecular formula is C28H28F3N3O2. The Morgan fingerprint density at radius 2 is 1.64 bits per heavy atom. The summed E-state index contributed by atoms with van der Waals surface area (Å²) in [5.41, 5.74) is 3.34. The van der Waals surface area contributed by atoms with Gasteiger partial charge in [0.1, 0.15) is 0 Å². The molecule has 0 aliphatic carbocycles. The molecule has 1 aliphatic rings. The van der Waals surface area contributed by atoms with Crippen LogP contribution >= 0.6 is 0 Å². The summed E-state index contributed by atoms with van der Waals surface area (Å²) in [7, 11) is 0. The zero-order chi connectivity index (χ0) is 25.9. The standard InChI is InChI=1S/C28H28F3N3O2/c1-18(2)16-32-27(36)24-15-23(33-26(35)20-7-9-22(10-8-20)28(29,30)31)11-12-25(24)34-14-13-19-5-3-4-6-21(19)17-34/h3-12,15,18H,13-14,16-17H2,1-2H3,(H,32,36)(H,33,35). The largest absolute Gasteiger partial charge is 0.416 e. The first-order valence-corrected chi connectivity index (χ1v) is 11.8. The number of fused-ring (bicyclic) bond motifs is 1. The van der Waals surface area contributed by atoms with Gasteiger partial charge < -0.3 is 15.5 Å². The van der Waals surface area contributed by atoms with Gasteiger partial charge in [0.25, 0.3) is 11.8 Å². The SMILES string of the molecule is CC(C)CNC(=O)c1cc(NC(=O)c2ccc(C(F)(F)F)cc2)ccc1N1CCc2ccccc2C1. The van der Waals surface area contributed by atoms with Crippen molar-refractivity contribution < 1.29 is 22.8 Å². The molecule has 36 heavy (non-hydrogen) atoms. The monoisotopic (exact) mass is 495 g/mol.